The fraction of sp³-hybridized carbons (Fsp3) is 0.176. The largest absolute Gasteiger partial charge is 0.301 e. The van der Waals surface area contributed by atoms with Gasteiger partial charge in [-0.1, -0.05) is 29.5 Å². The van der Waals surface area contributed by atoms with Gasteiger partial charge in [0, 0.05) is 4.90 Å². The molecule has 3 aromatic rings. The summed E-state index contributed by atoms with van der Waals surface area (Å²) in [6.07, 6.45) is 0. The molecule has 0 saturated carbocycles. The fourth-order valence-corrected chi connectivity index (χ4v) is 3.74. The Balaban J connectivity index is 1.66. The van der Waals surface area contributed by atoms with Crippen LogP contribution in [0.5, 0.6) is 0 Å². The maximum Gasteiger partial charge on any atom is 0.236 e. The zero-order valence-electron chi connectivity index (χ0n) is 12.4. The summed E-state index contributed by atoms with van der Waals surface area (Å²) >= 11 is 3.04. The summed E-state index contributed by atoms with van der Waals surface area (Å²) in [5.41, 5.74) is 3.41. The summed E-state index contributed by atoms with van der Waals surface area (Å²) in [6.45, 7) is 4.16. The monoisotopic (exact) mass is 328 g/mol. The zero-order valence-corrected chi connectivity index (χ0v) is 14.1. The molecule has 1 aromatic heterocycles. The summed E-state index contributed by atoms with van der Waals surface area (Å²) in [5.74, 6) is 0.360. The number of nitrogens with one attached hydrogen (secondary N) is 1. The maximum absolute atomic E-state index is 12.0. The van der Waals surface area contributed by atoms with Crippen LogP contribution in [-0.2, 0) is 4.79 Å². The lowest BCUT2D eigenvalue weighted by Crippen LogP contribution is -2.13. The van der Waals surface area contributed by atoms with E-state index in [0.717, 1.165) is 15.1 Å². The first-order valence-electron chi connectivity index (χ1n) is 6.97. The minimum atomic E-state index is -0.0265. The van der Waals surface area contributed by atoms with Crippen molar-refractivity contribution < 1.29 is 4.79 Å². The van der Waals surface area contributed by atoms with Crippen LogP contribution < -0.4 is 5.32 Å². The lowest BCUT2D eigenvalue weighted by molar-refractivity contribution is -0.113. The van der Waals surface area contributed by atoms with E-state index in [0.29, 0.717) is 10.9 Å². The molecule has 22 heavy (non-hydrogen) atoms. The van der Waals surface area contributed by atoms with Crippen LogP contribution in [0.3, 0.4) is 0 Å². The first-order valence-corrected chi connectivity index (χ1v) is 8.77. The second kappa shape index (κ2) is 6.50. The van der Waals surface area contributed by atoms with E-state index < -0.39 is 0 Å². The molecule has 2 aromatic carbocycles. The van der Waals surface area contributed by atoms with Crippen LogP contribution in [0.4, 0.5) is 5.13 Å². The van der Waals surface area contributed by atoms with Gasteiger partial charge in [-0.05, 0) is 49.2 Å². The highest BCUT2D eigenvalue weighted by Gasteiger charge is 2.09. The first kappa shape index (κ1) is 15.1. The van der Waals surface area contributed by atoms with Crippen LogP contribution in [0.2, 0.25) is 0 Å². The lowest BCUT2D eigenvalue weighted by atomic mass is 10.1. The number of carbonyl (C=O) groups excluding carboxylic acids is 1. The smallest absolute Gasteiger partial charge is 0.236 e. The van der Waals surface area contributed by atoms with Gasteiger partial charge in [0.2, 0.25) is 5.91 Å². The van der Waals surface area contributed by atoms with Crippen molar-refractivity contribution in [2.45, 2.75) is 18.7 Å². The molecule has 0 aliphatic carbocycles. The van der Waals surface area contributed by atoms with E-state index in [2.05, 4.69) is 36.3 Å². The molecule has 0 aliphatic heterocycles. The van der Waals surface area contributed by atoms with Gasteiger partial charge >= 0.3 is 0 Å². The molecule has 1 N–H and O–H groups in total. The molecule has 5 heteroatoms. The molecule has 0 aliphatic rings. The predicted octanol–water partition coefficient (Wildman–Crippen LogP) is 4.64. The predicted molar refractivity (Wildman–Crippen MR) is 94.9 cm³/mol. The van der Waals surface area contributed by atoms with Gasteiger partial charge in [-0.2, -0.15) is 0 Å². The van der Waals surface area contributed by atoms with Crippen LogP contribution in [-0.4, -0.2) is 16.6 Å². The van der Waals surface area contributed by atoms with E-state index in [-0.39, 0.29) is 5.91 Å². The molecule has 0 saturated heterocycles. The van der Waals surface area contributed by atoms with Gasteiger partial charge in [0.25, 0.3) is 0 Å². The van der Waals surface area contributed by atoms with Gasteiger partial charge in [0.05, 0.1) is 16.0 Å². The number of nitrogens with zero attached hydrogens (tertiary/aromatic N) is 1. The number of rotatable bonds is 4. The Labute approximate surface area is 137 Å². The SMILES string of the molecule is Cc1cc2nc(NC(=O)CSc3ccccc3)sc2cc1C. The van der Waals surface area contributed by atoms with E-state index in [1.54, 1.807) is 0 Å². The molecule has 3 rings (SSSR count). The number of hydrogen-bond acceptors (Lipinski definition) is 4. The second-order valence-corrected chi connectivity index (χ2v) is 7.15. The van der Waals surface area contributed by atoms with Crippen LogP contribution >= 0.6 is 23.1 Å². The van der Waals surface area contributed by atoms with Crippen LogP contribution in [0.1, 0.15) is 11.1 Å². The molecule has 0 spiro atoms. The molecule has 0 atom stereocenters. The Bertz CT molecular complexity index is 773. The van der Waals surface area contributed by atoms with E-state index in [1.165, 1.54) is 34.2 Å². The highest BCUT2D eigenvalue weighted by Crippen LogP contribution is 2.28. The van der Waals surface area contributed by atoms with Gasteiger partial charge in [0.1, 0.15) is 0 Å². The summed E-state index contributed by atoms with van der Waals surface area (Å²) < 4.78 is 1.11. The molecule has 1 amide bonds. The minimum Gasteiger partial charge on any atom is -0.301 e. The zero-order chi connectivity index (χ0) is 15.5. The van der Waals surface area contributed by atoms with Crippen LogP contribution in [0.15, 0.2) is 47.4 Å². The molecule has 3 nitrogen and oxygen atoms in total. The van der Waals surface area contributed by atoms with Crippen molar-refractivity contribution in [3.05, 3.63) is 53.6 Å². The molecular weight excluding hydrogens is 312 g/mol. The van der Waals surface area contributed by atoms with Crippen LogP contribution in [0, 0.1) is 13.8 Å². The van der Waals surface area contributed by atoms with Crippen molar-refractivity contribution in [3.63, 3.8) is 0 Å². The number of fused-ring (bicyclic) bond motifs is 1. The second-order valence-electron chi connectivity index (χ2n) is 5.07. The molecule has 1 heterocycles. The quantitative estimate of drug-likeness (QED) is 0.709. The highest BCUT2D eigenvalue weighted by atomic mass is 32.2. The topological polar surface area (TPSA) is 42.0 Å². The van der Waals surface area contributed by atoms with E-state index >= 15 is 0 Å². The lowest BCUT2D eigenvalue weighted by Gasteiger charge is -2.01. The highest BCUT2D eigenvalue weighted by molar-refractivity contribution is 8.00. The van der Waals surface area contributed by atoms with Crippen molar-refractivity contribution in [3.8, 4) is 0 Å². The molecule has 112 valence electrons. The number of benzene rings is 2. The Morgan fingerprint density at radius 2 is 1.91 bits per heavy atom. The van der Waals surface area contributed by atoms with Crippen molar-refractivity contribution in [1.29, 1.82) is 0 Å². The minimum absolute atomic E-state index is 0.0265. The Kier molecular flexibility index (Phi) is 4.45. The number of aromatic nitrogens is 1. The van der Waals surface area contributed by atoms with Crippen molar-refractivity contribution >= 4 is 44.4 Å². The Morgan fingerprint density at radius 1 is 1.18 bits per heavy atom. The summed E-state index contributed by atoms with van der Waals surface area (Å²) in [7, 11) is 0. The van der Waals surface area contributed by atoms with Gasteiger partial charge in [0.15, 0.2) is 5.13 Å². The number of thiazole rings is 1. The summed E-state index contributed by atoms with van der Waals surface area (Å²) in [5, 5.41) is 3.55. The number of thioether (sulfide) groups is 1. The number of carbonyl (C=O) groups is 1. The summed E-state index contributed by atoms with van der Waals surface area (Å²) in [6, 6.07) is 14.1. The number of hydrogen-bond donors (Lipinski definition) is 1. The van der Waals surface area contributed by atoms with E-state index in [4.69, 9.17) is 0 Å². The third-order valence-electron chi connectivity index (χ3n) is 3.36. The van der Waals surface area contributed by atoms with Gasteiger partial charge in [-0.3, -0.25) is 4.79 Å². The third-order valence-corrected chi connectivity index (χ3v) is 5.31. The van der Waals surface area contributed by atoms with Crippen molar-refractivity contribution in [2.75, 3.05) is 11.1 Å². The molecular formula is C17H16N2OS2. The maximum atomic E-state index is 12.0. The summed E-state index contributed by atoms with van der Waals surface area (Å²) in [4.78, 5) is 17.6. The van der Waals surface area contributed by atoms with E-state index in [1.807, 2.05) is 30.3 Å². The van der Waals surface area contributed by atoms with Gasteiger partial charge < -0.3 is 5.32 Å². The van der Waals surface area contributed by atoms with E-state index in [9.17, 15) is 4.79 Å². The van der Waals surface area contributed by atoms with Crippen molar-refractivity contribution in [2.24, 2.45) is 0 Å². The Hall–Kier alpha value is -1.85. The molecule has 0 fully saturated rings. The number of aryl methyl sites for hydroxylation is 2. The number of amides is 1. The average molecular weight is 328 g/mol. The number of anilines is 1. The molecule has 0 radical (unpaired) electrons. The van der Waals surface area contributed by atoms with Crippen molar-refractivity contribution in [1.82, 2.24) is 4.98 Å². The Morgan fingerprint density at radius 3 is 2.68 bits per heavy atom. The molecule has 0 bridgehead atoms. The fourth-order valence-electron chi connectivity index (χ4n) is 2.05. The van der Waals surface area contributed by atoms with Crippen LogP contribution in [0.25, 0.3) is 10.2 Å². The standard InChI is InChI=1S/C17H16N2OS2/c1-11-8-14-15(9-12(11)2)22-17(18-14)19-16(20)10-21-13-6-4-3-5-7-13/h3-9H,10H2,1-2H3,(H,18,19,20). The van der Waals surface area contributed by atoms with Gasteiger partial charge in [-0.15, -0.1) is 11.8 Å². The third kappa shape index (κ3) is 3.48. The molecule has 0 unspecified atom stereocenters. The first-order chi connectivity index (χ1) is 10.6. The average Bonchev–Trinajstić information content (AvgIpc) is 2.88. The van der Waals surface area contributed by atoms with Gasteiger partial charge in [-0.25, -0.2) is 4.98 Å². The normalized spacial score (nSPS) is 10.8.